The fraction of sp³-hybridized carbons (Fsp3) is 0.211. The zero-order chi connectivity index (χ0) is 19.9. The van der Waals surface area contributed by atoms with Gasteiger partial charge in [-0.05, 0) is 13.0 Å². The smallest absolute Gasteiger partial charge is 0.205 e. The van der Waals surface area contributed by atoms with Crippen LogP contribution in [0.15, 0.2) is 27.6 Å². The van der Waals surface area contributed by atoms with Crippen LogP contribution >= 0.6 is 0 Å². The Balaban J connectivity index is 2.20. The predicted octanol–water partition coefficient (Wildman–Crippen LogP) is 2.53. The first-order valence-electron chi connectivity index (χ1n) is 7.92. The average molecular weight is 374 g/mol. The normalized spacial score (nSPS) is 10.9. The minimum Gasteiger partial charge on any atom is -0.507 e. The van der Waals surface area contributed by atoms with Crippen LogP contribution in [0.25, 0.3) is 11.0 Å². The topological polar surface area (TPSA) is 130 Å². The molecule has 0 bridgehead atoms. The number of ether oxygens (including phenoxy) is 2. The third-order valence-corrected chi connectivity index (χ3v) is 4.44. The van der Waals surface area contributed by atoms with Crippen molar-refractivity contribution in [2.45, 2.75) is 13.3 Å². The number of rotatable bonds is 4. The Morgan fingerprint density at radius 2 is 1.63 bits per heavy atom. The second-order valence-corrected chi connectivity index (χ2v) is 5.95. The number of aromatic hydroxyl groups is 4. The molecule has 0 aliphatic carbocycles. The summed E-state index contributed by atoms with van der Waals surface area (Å²) in [5.74, 6) is -1.57. The summed E-state index contributed by atoms with van der Waals surface area (Å²) in [6.07, 6.45) is 1.09. The van der Waals surface area contributed by atoms with E-state index in [9.17, 15) is 25.2 Å². The van der Waals surface area contributed by atoms with Gasteiger partial charge in [0.15, 0.2) is 28.3 Å². The molecule has 1 aromatic heterocycles. The van der Waals surface area contributed by atoms with Crippen molar-refractivity contribution in [3.8, 4) is 34.5 Å². The number of hydrogen-bond acceptors (Lipinski definition) is 8. The van der Waals surface area contributed by atoms with Gasteiger partial charge in [0.1, 0.15) is 11.1 Å². The summed E-state index contributed by atoms with van der Waals surface area (Å²) >= 11 is 0. The van der Waals surface area contributed by atoms with E-state index in [2.05, 4.69) is 0 Å². The first-order chi connectivity index (χ1) is 12.8. The van der Waals surface area contributed by atoms with Crippen LogP contribution in [0.3, 0.4) is 0 Å². The molecule has 0 saturated heterocycles. The summed E-state index contributed by atoms with van der Waals surface area (Å²) in [4.78, 5) is 12.9. The molecule has 1 heterocycles. The van der Waals surface area contributed by atoms with Gasteiger partial charge in [-0.15, -0.1) is 0 Å². The highest BCUT2D eigenvalue weighted by atomic mass is 16.5. The number of benzene rings is 2. The third-order valence-electron chi connectivity index (χ3n) is 4.44. The van der Waals surface area contributed by atoms with Crippen molar-refractivity contribution in [1.82, 2.24) is 0 Å². The van der Waals surface area contributed by atoms with Gasteiger partial charge >= 0.3 is 0 Å². The monoisotopic (exact) mass is 374 g/mol. The fourth-order valence-electron chi connectivity index (χ4n) is 2.89. The Hall–Kier alpha value is -3.55. The first-order valence-corrected chi connectivity index (χ1v) is 7.92. The summed E-state index contributed by atoms with van der Waals surface area (Å²) in [7, 11) is 2.65. The van der Waals surface area contributed by atoms with Crippen LogP contribution in [-0.4, -0.2) is 34.6 Å². The SMILES string of the molecule is COc1ccc(Cc2coc3c(OC)c(O)c(C)c(O)c3c2=O)c(O)c1O. The highest BCUT2D eigenvalue weighted by Gasteiger charge is 2.23. The number of fused-ring (bicyclic) bond motifs is 1. The molecule has 0 fully saturated rings. The highest BCUT2D eigenvalue weighted by molar-refractivity contribution is 5.92. The molecule has 0 unspecified atom stereocenters. The molecule has 0 spiro atoms. The number of phenolic OH excluding ortho intramolecular Hbond substituents is 4. The molecule has 27 heavy (non-hydrogen) atoms. The van der Waals surface area contributed by atoms with E-state index in [1.807, 2.05) is 0 Å². The Morgan fingerprint density at radius 1 is 0.926 bits per heavy atom. The van der Waals surface area contributed by atoms with Crippen LogP contribution in [0.2, 0.25) is 0 Å². The van der Waals surface area contributed by atoms with Crippen LogP contribution < -0.4 is 14.9 Å². The molecular weight excluding hydrogens is 356 g/mol. The molecule has 0 amide bonds. The summed E-state index contributed by atoms with van der Waals surface area (Å²) in [6, 6.07) is 2.95. The van der Waals surface area contributed by atoms with E-state index >= 15 is 0 Å². The Labute approximate surface area is 153 Å². The molecule has 3 aromatic rings. The Bertz CT molecular complexity index is 1100. The van der Waals surface area contributed by atoms with Gasteiger partial charge in [0.2, 0.25) is 11.5 Å². The van der Waals surface area contributed by atoms with Crippen molar-refractivity contribution in [1.29, 1.82) is 0 Å². The molecule has 4 N–H and O–H groups in total. The van der Waals surface area contributed by atoms with Gasteiger partial charge in [0.25, 0.3) is 0 Å². The molecule has 2 aromatic carbocycles. The van der Waals surface area contributed by atoms with E-state index in [1.54, 1.807) is 0 Å². The lowest BCUT2D eigenvalue weighted by Gasteiger charge is -2.13. The molecule has 0 radical (unpaired) electrons. The molecule has 8 heteroatoms. The quantitative estimate of drug-likeness (QED) is 0.513. The lowest BCUT2D eigenvalue weighted by atomic mass is 10.0. The largest absolute Gasteiger partial charge is 0.507 e. The van der Waals surface area contributed by atoms with E-state index in [0.717, 1.165) is 6.26 Å². The number of methoxy groups -OCH3 is 2. The lowest BCUT2D eigenvalue weighted by molar-refractivity contribution is 0.349. The average Bonchev–Trinajstić information content (AvgIpc) is 2.66. The van der Waals surface area contributed by atoms with Gasteiger partial charge in [-0.25, -0.2) is 0 Å². The van der Waals surface area contributed by atoms with Crippen molar-refractivity contribution >= 4 is 11.0 Å². The minimum absolute atomic E-state index is 0.0612. The van der Waals surface area contributed by atoms with Gasteiger partial charge in [-0.1, -0.05) is 6.07 Å². The van der Waals surface area contributed by atoms with Crippen LogP contribution in [0.1, 0.15) is 16.7 Å². The standard InChI is InChI=1S/C19H18O8/c1-8-13(20)12-15(22)10(7-27-18(12)19(26-3)14(8)21)6-9-4-5-11(25-2)17(24)16(9)23/h4-5,7,20-21,23-24H,6H2,1-3H3. The maximum Gasteiger partial charge on any atom is 0.205 e. The molecule has 3 rings (SSSR count). The van der Waals surface area contributed by atoms with Gasteiger partial charge in [0, 0.05) is 23.1 Å². The van der Waals surface area contributed by atoms with Crippen molar-refractivity contribution < 1.29 is 34.3 Å². The Morgan fingerprint density at radius 3 is 2.26 bits per heavy atom. The molecule has 0 saturated carbocycles. The summed E-state index contributed by atoms with van der Waals surface area (Å²) < 4.78 is 15.4. The molecule has 0 aliphatic heterocycles. The number of phenols is 4. The van der Waals surface area contributed by atoms with Crippen LogP contribution in [0.5, 0.6) is 34.5 Å². The van der Waals surface area contributed by atoms with E-state index < -0.39 is 22.7 Å². The van der Waals surface area contributed by atoms with Crippen molar-refractivity contribution in [2.75, 3.05) is 14.2 Å². The van der Waals surface area contributed by atoms with Crippen LogP contribution in [0.4, 0.5) is 0 Å². The van der Waals surface area contributed by atoms with Gasteiger partial charge in [-0.3, -0.25) is 4.79 Å². The van der Waals surface area contributed by atoms with E-state index in [0.29, 0.717) is 0 Å². The molecular formula is C19H18O8. The predicted molar refractivity (Wildman–Crippen MR) is 96.2 cm³/mol. The van der Waals surface area contributed by atoms with Crippen molar-refractivity contribution in [3.63, 3.8) is 0 Å². The van der Waals surface area contributed by atoms with Crippen molar-refractivity contribution in [2.24, 2.45) is 0 Å². The maximum atomic E-state index is 12.9. The van der Waals surface area contributed by atoms with Crippen molar-refractivity contribution in [3.05, 3.63) is 45.3 Å². The minimum atomic E-state index is -0.551. The molecule has 8 nitrogen and oxygen atoms in total. The highest BCUT2D eigenvalue weighted by Crippen LogP contribution is 2.43. The lowest BCUT2D eigenvalue weighted by Crippen LogP contribution is -2.10. The van der Waals surface area contributed by atoms with E-state index in [-0.39, 0.29) is 51.3 Å². The zero-order valence-electron chi connectivity index (χ0n) is 14.9. The molecule has 0 atom stereocenters. The van der Waals surface area contributed by atoms with Crippen LogP contribution in [-0.2, 0) is 6.42 Å². The van der Waals surface area contributed by atoms with Crippen LogP contribution in [0, 0.1) is 6.92 Å². The zero-order valence-corrected chi connectivity index (χ0v) is 14.9. The second-order valence-electron chi connectivity index (χ2n) is 5.95. The van der Waals surface area contributed by atoms with Gasteiger partial charge in [0.05, 0.1) is 20.5 Å². The molecule has 0 aliphatic rings. The number of hydrogen-bond donors (Lipinski definition) is 4. The fourth-order valence-corrected chi connectivity index (χ4v) is 2.89. The van der Waals surface area contributed by atoms with Gasteiger partial charge < -0.3 is 34.3 Å². The summed E-state index contributed by atoms with van der Waals surface area (Å²) in [6.45, 7) is 1.44. The Kier molecular flexibility index (Phi) is 4.49. The third kappa shape index (κ3) is 2.75. The van der Waals surface area contributed by atoms with Gasteiger partial charge in [-0.2, -0.15) is 0 Å². The summed E-state index contributed by atoms with van der Waals surface area (Å²) in [5.41, 5.74) is -0.168. The maximum absolute atomic E-state index is 12.9. The summed E-state index contributed by atoms with van der Waals surface area (Å²) in [5, 5.41) is 40.3. The van der Waals surface area contributed by atoms with E-state index in [1.165, 1.54) is 33.3 Å². The van der Waals surface area contributed by atoms with E-state index in [4.69, 9.17) is 13.9 Å². The molecule has 142 valence electrons. The second kappa shape index (κ2) is 6.64. The first kappa shape index (κ1) is 18.2.